The van der Waals surface area contributed by atoms with Crippen LogP contribution in [0.2, 0.25) is 0 Å². The van der Waals surface area contributed by atoms with Crippen LogP contribution in [0.25, 0.3) is 0 Å². The molecule has 6 heteroatoms. The predicted molar refractivity (Wildman–Crippen MR) is 71.0 cm³/mol. The minimum atomic E-state index is -3.16. The number of hydrogen-bond acceptors (Lipinski definition) is 4. The second kappa shape index (κ2) is 5.86. The van der Waals surface area contributed by atoms with E-state index in [0.29, 0.717) is 12.6 Å². The Balaban J connectivity index is 2.09. The average molecular weight is 276 g/mol. The van der Waals surface area contributed by atoms with Gasteiger partial charge in [-0.2, -0.15) is 4.31 Å². The summed E-state index contributed by atoms with van der Waals surface area (Å²) in [7, 11) is -1.62. The third-order valence-corrected chi connectivity index (χ3v) is 5.96. The van der Waals surface area contributed by atoms with Crippen molar-refractivity contribution in [1.82, 2.24) is 9.21 Å². The summed E-state index contributed by atoms with van der Waals surface area (Å²) in [4.78, 5) is 2.45. The molecule has 0 N–H and O–H groups in total. The lowest BCUT2D eigenvalue weighted by Gasteiger charge is -2.42. The molecule has 5 nitrogen and oxygen atoms in total. The third-order valence-electron chi connectivity index (χ3n) is 4.12. The van der Waals surface area contributed by atoms with Crippen LogP contribution >= 0.6 is 0 Å². The van der Waals surface area contributed by atoms with Gasteiger partial charge in [-0.15, -0.1) is 0 Å². The largest absolute Gasteiger partial charge is 0.384 e. The highest BCUT2D eigenvalue weighted by Gasteiger charge is 2.40. The number of rotatable bonds is 5. The molecule has 2 aliphatic heterocycles. The third kappa shape index (κ3) is 2.87. The molecule has 0 saturated carbocycles. The second-order valence-electron chi connectivity index (χ2n) is 5.23. The number of sulfonamides is 1. The van der Waals surface area contributed by atoms with Crippen molar-refractivity contribution >= 4 is 10.0 Å². The second-order valence-corrected chi connectivity index (χ2v) is 7.27. The molecule has 2 unspecified atom stereocenters. The smallest absolute Gasteiger partial charge is 0.216 e. The summed E-state index contributed by atoms with van der Waals surface area (Å²) in [6.45, 7) is 5.05. The first-order valence-corrected chi connectivity index (χ1v) is 8.42. The van der Waals surface area contributed by atoms with Crippen LogP contribution in [0.15, 0.2) is 0 Å². The van der Waals surface area contributed by atoms with Crippen LogP contribution in [-0.4, -0.2) is 68.8 Å². The SMILES string of the molecule is CCC1CN2CCCC2CN1S(=O)(=O)CCOC. The fraction of sp³-hybridized carbons (Fsp3) is 1.00. The molecular weight excluding hydrogens is 252 g/mol. The molecule has 0 radical (unpaired) electrons. The number of ether oxygens (including phenoxy) is 1. The molecule has 2 aliphatic rings. The zero-order valence-electron chi connectivity index (χ0n) is 11.3. The summed E-state index contributed by atoms with van der Waals surface area (Å²) in [5.41, 5.74) is 0. The van der Waals surface area contributed by atoms with Gasteiger partial charge in [0.25, 0.3) is 0 Å². The molecule has 2 fully saturated rings. The summed E-state index contributed by atoms with van der Waals surface area (Å²) in [5, 5.41) is 0. The van der Waals surface area contributed by atoms with Gasteiger partial charge >= 0.3 is 0 Å². The first kappa shape index (κ1) is 14.2. The average Bonchev–Trinajstić information content (AvgIpc) is 2.82. The Hall–Kier alpha value is -0.170. The van der Waals surface area contributed by atoms with E-state index in [1.807, 2.05) is 0 Å². The minimum absolute atomic E-state index is 0.104. The van der Waals surface area contributed by atoms with Crippen LogP contribution in [0, 0.1) is 0 Å². The van der Waals surface area contributed by atoms with E-state index in [2.05, 4.69) is 11.8 Å². The van der Waals surface area contributed by atoms with Gasteiger partial charge in [-0.3, -0.25) is 4.90 Å². The van der Waals surface area contributed by atoms with Gasteiger partial charge in [0, 0.05) is 32.3 Å². The number of methoxy groups -OCH3 is 1. The Bertz CT molecular complexity index is 372. The Kier molecular flexibility index (Phi) is 4.64. The molecule has 0 spiro atoms. The van der Waals surface area contributed by atoms with E-state index in [9.17, 15) is 8.42 Å². The van der Waals surface area contributed by atoms with Gasteiger partial charge in [-0.25, -0.2) is 8.42 Å². The van der Waals surface area contributed by atoms with Crippen molar-refractivity contribution in [3.8, 4) is 0 Å². The van der Waals surface area contributed by atoms with E-state index in [1.165, 1.54) is 6.42 Å². The van der Waals surface area contributed by atoms with Crippen molar-refractivity contribution in [2.45, 2.75) is 38.3 Å². The van der Waals surface area contributed by atoms with E-state index < -0.39 is 10.0 Å². The number of fused-ring (bicyclic) bond motifs is 1. The molecule has 0 aliphatic carbocycles. The Morgan fingerprint density at radius 2 is 2.11 bits per heavy atom. The van der Waals surface area contributed by atoms with Gasteiger partial charge in [-0.05, 0) is 25.8 Å². The van der Waals surface area contributed by atoms with Crippen LogP contribution < -0.4 is 0 Å². The van der Waals surface area contributed by atoms with Crippen molar-refractivity contribution in [2.24, 2.45) is 0 Å². The maximum Gasteiger partial charge on any atom is 0.216 e. The molecule has 0 amide bonds. The van der Waals surface area contributed by atoms with Gasteiger partial charge < -0.3 is 4.74 Å². The van der Waals surface area contributed by atoms with Crippen molar-refractivity contribution in [3.63, 3.8) is 0 Å². The molecule has 2 rings (SSSR count). The molecule has 2 saturated heterocycles. The molecule has 0 aromatic heterocycles. The molecule has 0 aromatic carbocycles. The van der Waals surface area contributed by atoms with Crippen LogP contribution in [0.3, 0.4) is 0 Å². The van der Waals surface area contributed by atoms with Gasteiger partial charge in [0.15, 0.2) is 0 Å². The van der Waals surface area contributed by atoms with Crippen molar-refractivity contribution in [3.05, 3.63) is 0 Å². The molecule has 0 bridgehead atoms. The van der Waals surface area contributed by atoms with Crippen molar-refractivity contribution in [1.29, 1.82) is 0 Å². The monoisotopic (exact) mass is 276 g/mol. The highest BCUT2D eigenvalue weighted by Crippen LogP contribution is 2.27. The number of hydrogen-bond donors (Lipinski definition) is 0. The summed E-state index contributed by atoms with van der Waals surface area (Å²) >= 11 is 0. The minimum Gasteiger partial charge on any atom is -0.384 e. The van der Waals surface area contributed by atoms with Gasteiger partial charge in [-0.1, -0.05) is 6.92 Å². The van der Waals surface area contributed by atoms with E-state index in [0.717, 1.165) is 25.9 Å². The van der Waals surface area contributed by atoms with Crippen LogP contribution in [-0.2, 0) is 14.8 Å². The summed E-state index contributed by atoms with van der Waals surface area (Å²) < 4.78 is 31.3. The molecule has 2 atom stereocenters. The summed E-state index contributed by atoms with van der Waals surface area (Å²) in [6, 6.07) is 0.575. The highest BCUT2D eigenvalue weighted by molar-refractivity contribution is 7.89. The van der Waals surface area contributed by atoms with Gasteiger partial charge in [0.2, 0.25) is 10.0 Å². The fourth-order valence-electron chi connectivity index (χ4n) is 3.04. The maximum atomic E-state index is 12.3. The number of piperazine rings is 1. The quantitative estimate of drug-likeness (QED) is 0.734. The molecular formula is C12H24N2O3S. The summed E-state index contributed by atoms with van der Waals surface area (Å²) in [6.07, 6.45) is 3.22. The molecule has 18 heavy (non-hydrogen) atoms. The Morgan fingerprint density at radius 1 is 1.33 bits per heavy atom. The summed E-state index contributed by atoms with van der Waals surface area (Å²) in [5.74, 6) is 0.104. The van der Waals surface area contributed by atoms with Gasteiger partial charge in [0.1, 0.15) is 0 Å². The molecule has 0 aromatic rings. The van der Waals surface area contributed by atoms with Crippen LogP contribution in [0.1, 0.15) is 26.2 Å². The van der Waals surface area contributed by atoms with Crippen molar-refractivity contribution in [2.75, 3.05) is 39.1 Å². The normalized spacial score (nSPS) is 30.6. The first-order chi connectivity index (χ1) is 8.58. The lowest BCUT2D eigenvalue weighted by Crippen LogP contribution is -2.58. The highest BCUT2D eigenvalue weighted by atomic mass is 32.2. The predicted octanol–water partition coefficient (Wildman–Crippen LogP) is 0.521. The fourth-order valence-corrected chi connectivity index (χ4v) is 4.72. The topological polar surface area (TPSA) is 49.9 Å². The Labute approximate surface area is 110 Å². The van der Waals surface area contributed by atoms with E-state index in [-0.39, 0.29) is 18.4 Å². The molecule has 2 heterocycles. The maximum absolute atomic E-state index is 12.3. The van der Waals surface area contributed by atoms with E-state index in [1.54, 1.807) is 11.4 Å². The standard InChI is InChI=1S/C12H24N2O3S/c1-3-11-9-13-6-4-5-12(13)10-14(11)18(15,16)8-7-17-2/h11-12H,3-10H2,1-2H3. The van der Waals surface area contributed by atoms with Gasteiger partial charge in [0.05, 0.1) is 12.4 Å². The Morgan fingerprint density at radius 3 is 2.78 bits per heavy atom. The van der Waals surface area contributed by atoms with Crippen molar-refractivity contribution < 1.29 is 13.2 Å². The number of nitrogens with zero attached hydrogens (tertiary/aromatic N) is 2. The lowest BCUT2D eigenvalue weighted by atomic mass is 10.1. The van der Waals surface area contributed by atoms with E-state index >= 15 is 0 Å². The van der Waals surface area contributed by atoms with Crippen LogP contribution in [0.4, 0.5) is 0 Å². The van der Waals surface area contributed by atoms with E-state index in [4.69, 9.17) is 4.74 Å². The zero-order valence-corrected chi connectivity index (χ0v) is 12.2. The first-order valence-electron chi connectivity index (χ1n) is 6.81. The zero-order chi connectivity index (χ0) is 13.2. The molecule has 106 valence electrons. The van der Waals surface area contributed by atoms with Crippen LogP contribution in [0.5, 0.6) is 0 Å². The lowest BCUT2D eigenvalue weighted by molar-refractivity contribution is 0.106.